The Morgan fingerprint density at radius 2 is 2.26 bits per heavy atom. The summed E-state index contributed by atoms with van der Waals surface area (Å²) < 4.78 is 6.90. The largest absolute Gasteiger partial charge is 0.393 e. The quantitative estimate of drug-likeness (QED) is 0.872. The summed E-state index contributed by atoms with van der Waals surface area (Å²) in [6.07, 6.45) is 6.98. The molecule has 2 heterocycles. The predicted molar refractivity (Wildman–Crippen MR) is 80.6 cm³/mol. The molecule has 2 N–H and O–H groups in total. The van der Waals surface area contributed by atoms with Gasteiger partial charge in [0, 0.05) is 30.8 Å². The molecule has 2 aromatic rings. The molecule has 0 bridgehead atoms. The number of amides is 1. The van der Waals surface area contributed by atoms with Gasteiger partial charge in [-0.1, -0.05) is 5.16 Å². The highest BCUT2D eigenvalue weighted by molar-refractivity contribution is 5.91. The molecular weight excluding hydrogens is 296 g/mol. The number of hydrogen-bond donors (Lipinski definition) is 2. The lowest BCUT2D eigenvalue weighted by Gasteiger charge is -2.37. The van der Waals surface area contributed by atoms with Crippen molar-refractivity contribution in [3.8, 4) is 0 Å². The number of nitrogens with one attached hydrogen (secondary N) is 1. The Kier molecular flexibility index (Phi) is 3.45. The number of aryl methyl sites for hydroxylation is 1. The molecule has 1 atom stereocenters. The van der Waals surface area contributed by atoms with Crippen LogP contribution in [-0.2, 0) is 7.05 Å². The van der Waals surface area contributed by atoms with E-state index in [0.29, 0.717) is 18.8 Å². The minimum Gasteiger partial charge on any atom is -0.393 e. The maximum Gasteiger partial charge on any atom is 0.290 e. The number of nitrogens with zero attached hydrogens (tertiary/aromatic N) is 3. The molecule has 0 saturated heterocycles. The zero-order valence-electron chi connectivity index (χ0n) is 13.0. The third-order valence-electron chi connectivity index (χ3n) is 4.74. The van der Waals surface area contributed by atoms with Gasteiger partial charge in [0.1, 0.15) is 0 Å². The third-order valence-corrected chi connectivity index (χ3v) is 4.74. The fourth-order valence-corrected chi connectivity index (χ4v) is 3.16. The van der Waals surface area contributed by atoms with Crippen LogP contribution < -0.4 is 5.32 Å². The molecule has 2 fully saturated rings. The Morgan fingerprint density at radius 3 is 2.87 bits per heavy atom. The predicted octanol–water partition coefficient (Wildman–Crippen LogP) is 1.53. The monoisotopic (exact) mass is 316 g/mol. The molecule has 1 unspecified atom stereocenters. The first-order chi connectivity index (χ1) is 11.1. The van der Waals surface area contributed by atoms with E-state index >= 15 is 0 Å². The molecule has 7 heteroatoms. The van der Waals surface area contributed by atoms with Gasteiger partial charge in [-0.05, 0) is 31.6 Å². The second-order valence-corrected chi connectivity index (χ2v) is 6.67. The molecule has 2 aliphatic carbocycles. The van der Waals surface area contributed by atoms with Crippen LogP contribution in [0.3, 0.4) is 0 Å². The van der Waals surface area contributed by atoms with Gasteiger partial charge in [0.2, 0.25) is 5.76 Å². The van der Waals surface area contributed by atoms with E-state index in [9.17, 15) is 9.90 Å². The van der Waals surface area contributed by atoms with Crippen LogP contribution in [0.5, 0.6) is 0 Å². The first-order valence-corrected chi connectivity index (χ1v) is 8.04. The van der Waals surface area contributed by atoms with Gasteiger partial charge in [-0.2, -0.15) is 5.10 Å². The van der Waals surface area contributed by atoms with Crippen molar-refractivity contribution in [3.63, 3.8) is 0 Å². The van der Waals surface area contributed by atoms with Crippen molar-refractivity contribution >= 4 is 5.91 Å². The van der Waals surface area contributed by atoms with Crippen molar-refractivity contribution in [3.05, 3.63) is 35.5 Å². The molecule has 0 aliphatic heterocycles. The van der Waals surface area contributed by atoms with Crippen molar-refractivity contribution in [1.29, 1.82) is 0 Å². The van der Waals surface area contributed by atoms with Crippen LogP contribution in [0.4, 0.5) is 0 Å². The van der Waals surface area contributed by atoms with Gasteiger partial charge in [0.15, 0.2) is 0 Å². The lowest BCUT2D eigenvalue weighted by atomic mass is 9.75. The van der Waals surface area contributed by atoms with Gasteiger partial charge in [0.05, 0.1) is 24.0 Å². The van der Waals surface area contributed by atoms with Crippen molar-refractivity contribution in [2.75, 3.05) is 0 Å². The van der Waals surface area contributed by atoms with Crippen LogP contribution in [0.1, 0.15) is 59.5 Å². The maximum atomic E-state index is 12.5. The van der Waals surface area contributed by atoms with E-state index < -0.39 is 0 Å². The molecule has 23 heavy (non-hydrogen) atoms. The number of aliphatic hydroxyl groups excluding tert-OH is 1. The minimum absolute atomic E-state index is 0.172. The van der Waals surface area contributed by atoms with Crippen LogP contribution >= 0.6 is 0 Å². The van der Waals surface area contributed by atoms with E-state index in [-0.39, 0.29) is 29.7 Å². The number of aromatic nitrogens is 3. The SMILES string of the molecule is Cn1cc(C(NC(=O)c2cc(C3CC3)no2)C2CC(O)C2)cn1. The summed E-state index contributed by atoms with van der Waals surface area (Å²) in [7, 11) is 1.84. The Bertz CT molecular complexity index is 712. The normalized spacial score (nSPS) is 25.0. The van der Waals surface area contributed by atoms with Gasteiger partial charge >= 0.3 is 0 Å². The van der Waals surface area contributed by atoms with Gasteiger partial charge in [-0.25, -0.2) is 0 Å². The van der Waals surface area contributed by atoms with Gasteiger partial charge < -0.3 is 14.9 Å². The number of rotatable bonds is 5. The van der Waals surface area contributed by atoms with Crippen LogP contribution in [0.15, 0.2) is 23.0 Å². The Labute approximate surface area is 133 Å². The van der Waals surface area contributed by atoms with Crippen molar-refractivity contribution < 1.29 is 14.4 Å². The van der Waals surface area contributed by atoms with E-state index in [1.807, 2.05) is 13.2 Å². The zero-order chi connectivity index (χ0) is 16.0. The van der Waals surface area contributed by atoms with Gasteiger partial charge in [-0.15, -0.1) is 0 Å². The molecule has 0 radical (unpaired) electrons. The molecule has 2 aromatic heterocycles. The summed E-state index contributed by atoms with van der Waals surface area (Å²) in [6.45, 7) is 0. The van der Waals surface area contributed by atoms with Crippen molar-refractivity contribution in [1.82, 2.24) is 20.3 Å². The number of carbonyl (C=O) groups is 1. The second kappa shape index (κ2) is 5.49. The molecule has 2 saturated carbocycles. The lowest BCUT2D eigenvalue weighted by molar-refractivity contribution is 0.0231. The van der Waals surface area contributed by atoms with E-state index in [4.69, 9.17) is 4.52 Å². The molecule has 4 rings (SSSR count). The summed E-state index contributed by atoms with van der Waals surface area (Å²) in [5.74, 6) is 0.653. The first-order valence-electron chi connectivity index (χ1n) is 8.04. The molecule has 122 valence electrons. The van der Waals surface area contributed by atoms with Crippen LogP contribution in [0.2, 0.25) is 0 Å². The Balaban J connectivity index is 1.50. The number of carbonyl (C=O) groups excluding carboxylic acids is 1. The average molecular weight is 316 g/mol. The average Bonchev–Trinajstić information content (AvgIpc) is 3.06. The smallest absolute Gasteiger partial charge is 0.290 e. The standard InChI is InChI=1S/C16H20N4O3/c1-20-8-11(7-17-20)15(10-4-12(21)5-10)18-16(22)14-6-13(19-23-14)9-2-3-9/h6-10,12,15,21H,2-5H2,1H3,(H,18,22). The van der Waals surface area contributed by atoms with E-state index in [1.165, 1.54) is 0 Å². The molecule has 2 aliphatic rings. The fraction of sp³-hybridized carbons (Fsp3) is 0.562. The number of aliphatic hydroxyl groups is 1. The number of hydrogen-bond acceptors (Lipinski definition) is 5. The summed E-state index contributed by atoms with van der Waals surface area (Å²) in [4.78, 5) is 12.5. The highest BCUT2D eigenvalue weighted by Crippen LogP contribution is 2.40. The second-order valence-electron chi connectivity index (χ2n) is 6.67. The molecule has 0 spiro atoms. The zero-order valence-corrected chi connectivity index (χ0v) is 13.0. The van der Waals surface area contributed by atoms with Crippen LogP contribution in [-0.4, -0.2) is 32.1 Å². The summed E-state index contributed by atoms with van der Waals surface area (Å²) in [5, 5.41) is 20.8. The Hall–Kier alpha value is -2.15. The van der Waals surface area contributed by atoms with Crippen LogP contribution in [0, 0.1) is 5.92 Å². The highest BCUT2D eigenvalue weighted by Gasteiger charge is 2.37. The third kappa shape index (κ3) is 2.88. The van der Waals surface area contributed by atoms with E-state index in [1.54, 1.807) is 16.9 Å². The highest BCUT2D eigenvalue weighted by atomic mass is 16.5. The van der Waals surface area contributed by atoms with Gasteiger partial charge in [0.25, 0.3) is 5.91 Å². The first kappa shape index (κ1) is 14.4. The van der Waals surface area contributed by atoms with Crippen molar-refractivity contribution in [2.45, 2.75) is 43.7 Å². The Morgan fingerprint density at radius 1 is 1.48 bits per heavy atom. The van der Waals surface area contributed by atoms with E-state index in [2.05, 4.69) is 15.6 Å². The van der Waals surface area contributed by atoms with Gasteiger partial charge in [-0.3, -0.25) is 9.48 Å². The summed E-state index contributed by atoms with van der Waals surface area (Å²) in [6, 6.07) is 1.57. The maximum absolute atomic E-state index is 12.5. The van der Waals surface area contributed by atoms with E-state index in [0.717, 1.165) is 24.1 Å². The molecular formula is C16H20N4O3. The van der Waals surface area contributed by atoms with Crippen molar-refractivity contribution in [2.24, 2.45) is 13.0 Å². The fourth-order valence-electron chi connectivity index (χ4n) is 3.16. The molecule has 0 aromatic carbocycles. The molecule has 7 nitrogen and oxygen atoms in total. The van der Waals surface area contributed by atoms with Crippen LogP contribution in [0.25, 0.3) is 0 Å². The summed E-state index contributed by atoms with van der Waals surface area (Å²) in [5.41, 5.74) is 1.81. The molecule has 1 amide bonds. The topological polar surface area (TPSA) is 93.2 Å². The minimum atomic E-state index is -0.275. The lowest BCUT2D eigenvalue weighted by Crippen LogP contribution is -2.41. The summed E-state index contributed by atoms with van der Waals surface area (Å²) >= 11 is 0.